The van der Waals surface area contributed by atoms with Gasteiger partial charge < -0.3 is 20.4 Å². The molecule has 42 heavy (non-hydrogen) atoms. The maximum Gasteiger partial charge on any atom is 0.514 e. The van der Waals surface area contributed by atoms with Gasteiger partial charge in [0.1, 0.15) is 12.1 Å². The van der Waals surface area contributed by atoms with E-state index in [1.54, 1.807) is 0 Å². The highest BCUT2D eigenvalue weighted by atomic mass is 16.4. The van der Waals surface area contributed by atoms with Crippen molar-refractivity contribution in [2.24, 2.45) is 17.8 Å². The quantitative estimate of drug-likeness (QED) is 0.419. The molecular formula is C34H52N3O5+. The van der Waals surface area contributed by atoms with Crippen LogP contribution in [0.3, 0.4) is 0 Å². The third-order valence-electron chi connectivity index (χ3n) is 11.3. The predicted molar refractivity (Wildman–Crippen MR) is 162 cm³/mol. The van der Waals surface area contributed by atoms with E-state index in [4.69, 9.17) is 0 Å². The first-order valence-electron chi connectivity index (χ1n) is 16.1. The summed E-state index contributed by atoms with van der Waals surface area (Å²) in [5, 5.41) is 24.4. The summed E-state index contributed by atoms with van der Waals surface area (Å²) in [5.41, 5.74) is 1.36. The van der Waals surface area contributed by atoms with Crippen molar-refractivity contribution in [3.05, 3.63) is 34.9 Å². The second-order valence-electron chi connectivity index (χ2n) is 15.6. The normalized spacial score (nSPS) is 32.9. The van der Waals surface area contributed by atoms with Gasteiger partial charge in [-0.3, -0.25) is 9.59 Å². The molecule has 3 unspecified atom stereocenters. The molecule has 8 heteroatoms. The molecule has 1 saturated heterocycles. The van der Waals surface area contributed by atoms with Crippen LogP contribution in [0, 0.1) is 24.7 Å². The minimum Gasteiger partial charge on any atom is -0.435 e. The predicted octanol–water partition coefficient (Wildman–Crippen LogP) is 4.79. The van der Waals surface area contributed by atoms with E-state index >= 15 is 0 Å². The molecule has 3 atom stereocenters. The molecule has 0 radical (unpaired) electrons. The lowest BCUT2D eigenvalue weighted by Crippen LogP contribution is -2.64. The molecule has 5 aliphatic rings. The fourth-order valence-corrected chi connectivity index (χ4v) is 8.90. The first kappa shape index (κ1) is 31.0. The van der Waals surface area contributed by atoms with Crippen molar-refractivity contribution in [3.8, 4) is 0 Å². The van der Waals surface area contributed by atoms with Gasteiger partial charge in [0.05, 0.1) is 24.1 Å². The van der Waals surface area contributed by atoms with Crippen LogP contribution in [0.1, 0.15) is 96.3 Å². The number of aryl methyl sites for hydroxylation is 2. The molecule has 6 rings (SSSR count). The van der Waals surface area contributed by atoms with Crippen molar-refractivity contribution in [3.63, 3.8) is 0 Å². The molecule has 4 saturated carbocycles. The Morgan fingerprint density at radius 1 is 1.00 bits per heavy atom. The van der Waals surface area contributed by atoms with E-state index in [0.29, 0.717) is 63.2 Å². The van der Waals surface area contributed by atoms with Crippen LogP contribution in [-0.2, 0) is 21.4 Å². The Labute approximate surface area is 251 Å². The van der Waals surface area contributed by atoms with Crippen molar-refractivity contribution >= 4 is 17.9 Å². The number of benzene rings is 1. The number of amides is 3. The monoisotopic (exact) mass is 582 g/mol. The molecule has 4 aliphatic carbocycles. The molecule has 1 aromatic rings. The van der Waals surface area contributed by atoms with E-state index in [1.165, 1.54) is 0 Å². The number of hydrogen-bond acceptors (Lipinski definition) is 4. The minimum absolute atomic E-state index is 0.0288. The van der Waals surface area contributed by atoms with Crippen molar-refractivity contribution in [2.75, 3.05) is 26.2 Å². The van der Waals surface area contributed by atoms with Crippen LogP contribution in [-0.4, -0.2) is 80.9 Å². The highest BCUT2D eigenvalue weighted by molar-refractivity contribution is 5.87. The van der Waals surface area contributed by atoms with E-state index in [1.807, 2.05) is 46.4 Å². The Balaban J connectivity index is 1.22. The van der Waals surface area contributed by atoms with Gasteiger partial charge in [-0.05, 0) is 109 Å². The Bertz CT molecular complexity index is 1220. The van der Waals surface area contributed by atoms with Crippen LogP contribution in [0.25, 0.3) is 0 Å². The summed E-state index contributed by atoms with van der Waals surface area (Å²) < 4.78 is -0.0288. The number of nitrogens with zero attached hydrogens (tertiary/aromatic N) is 2. The van der Waals surface area contributed by atoms with Crippen molar-refractivity contribution in [1.82, 2.24) is 10.2 Å². The number of rotatable bonds is 6. The zero-order valence-electron chi connectivity index (χ0n) is 26.5. The number of carbonyl (C=O) groups excluding carboxylic acids is 2. The second-order valence-corrected chi connectivity index (χ2v) is 15.6. The summed E-state index contributed by atoms with van der Waals surface area (Å²) in [6.45, 7) is 13.8. The molecule has 1 aromatic carbocycles. The lowest BCUT2D eigenvalue weighted by molar-refractivity contribution is -0.901. The summed E-state index contributed by atoms with van der Waals surface area (Å²) in [6.07, 6.45) is 5.52. The van der Waals surface area contributed by atoms with E-state index in [-0.39, 0.29) is 22.3 Å². The zero-order valence-corrected chi connectivity index (χ0v) is 26.5. The number of carbonyl (C=O) groups is 3. The number of nitrogens with one attached hydrogen (secondary N) is 1. The summed E-state index contributed by atoms with van der Waals surface area (Å²) in [7, 11) is 0. The average Bonchev–Trinajstić information content (AvgIpc) is 3.12. The highest BCUT2D eigenvalue weighted by Crippen LogP contribution is 2.55. The molecule has 4 bridgehead atoms. The van der Waals surface area contributed by atoms with Gasteiger partial charge in [0.15, 0.2) is 0 Å². The SMILES string of the molecule is Cc1cc(CCC(=O)N2CCC[N+](C(=O)O)(C(C)(C)C)CC2)cc(C(C)(C)C(=O)NC2C3CC4CC2CC(O)(C4)C3)c1. The van der Waals surface area contributed by atoms with Crippen LogP contribution in [0.4, 0.5) is 4.79 Å². The summed E-state index contributed by atoms with van der Waals surface area (Å²) in [4.78, 5) is 41.2. The lowest BCUT2D eigenvalue weighted by Gasteiger charge is -2.58. The number of hydrogen-bond donors (Lipinski definition) is 3. The average molecular weight is 583 g/mol. The first-order valence-corrected chi connectivity index (χ1v) is 16.1. The van der Waals surface area contributed by atoms with Gasteiger partial charge in [0.2, 0.25) is 11.8 Å². The maximum atomic E-state index is 13.8. The molecule has 0 spiro atoms. The Morgan fingerprint density at radius 2 is 1.67 bits per heavy atom. The lowest BCUT2D eigenvalue weighted by atomic mass is 9.52. The number of aliphatic hydroxyl groups is 1. The first-order chi connectivity index (χ1) is 19.5. The van der Waals surface area contributed by atoms with Crippen molar-refractivity contribution in [1.29, 1.82) is 0 Å². The third-order valence-corrected chi connectivity index (χ3v) is 11.3. The fourth-order valence-electron chi connectivity index (χ4n) is 8.90. The summed E-state index contributed by atoms with van der Waals surface area (Å²) in [6, 6.07) is 6.39. The zero-order chi connectivity index (χ0) is 30.7. The standard InChI is InChI=1S/C34H51N3O5/c1-22-14-23(8-9-28(38)36-10-7-12-37(13-11-36,31(40)41)32(2,3)4)18-27(15-22)33(5,6)30(39)35-29-25-16-24-17-26(29)21-34(42,19-24)20-25/h14-15,18,24-26,29,42H,7-13,16-17,19-21H2,1-6H3,(H-,35,39,40,41)/p+1. The molecule has 5 fully saturated rings. The Hall–Kier alpha value is -2.45. The van der Waals surface area contributed by atoms with Crippen LogP contribution in [0.2, 0.25) is 0 Å². The highest BCUT2D eigenvalue weighted by Gasteiger charge is 2.55. The Morgan fingerprint density at radius 3 is 2.26 bits per heavy atom. The van der Waals surface area contributed by atoms with Crippen molar-refractivity contribution < 1.29 is 29.1 Å². The number of carboxylic acid groups (broad SMARTS) is 1. The molecule has 3 N–H and O–H groups in total. The smallest absolute Gasteiger partial charge is 0.435 e. The van der Waals surface area contributed by atoms with E-state index in [9.17, 15) is 24.6 Å². The van der Waals surface area contributed by atoms with Crippen LogP contribution < -0.4 is 5.32 Å². The minimum atomic E-state index is -0.823. The fraction of sp³-hybridized carbons (Fsp3) is 0.735. The van der Waals surface area contributed by atoms with Gasteiger partial charge in [-0.15, -0.1) is 0 Å². The van der Waals surface area contributed by atoms with Gasteiger partial charge in [-0.1, -0.05) is 23.8 Å². The van der Waals surface area contributed by atoms with Crippen LogP contribution >= 0.6 is 0 Å². The molecule has 232 valence electrons. The summed E-state index contributed by atoms with van der Waals surface area (Å²) in [5.74, 6) is 1.41. The second kappa shape index (κ2) is 10.9. The molecular weight excluding hydrogens is 530 g/mol. The van der Waals surface area contributed by atoms with Gasteiger partial charge in [0.25, 0.3) is 0 Å². The largest absolute Gasteiger partial charge is 0.514 e. The van der Waals surface area contributed by atoms with Crippen LogP contribution in [0.15, 0.2) is 18.2 Å². The maximum absolute atomic E-state index is 13.8. The third kappa shape index (κ3) is 5.73. The Kier molecular flexibility index (Phi) is 8.06. The molecule has 1 heterocycles. The molecule has 8 nitrogen and oxygen atoms in total. The molecule has 1 aliphatic heterocycles. The molecule has 0 aromatic heterocycles. The number of quaternary nitrogens is 1. The topological polar surface area (TPSA) is 107 Å². The summed E-state index contributed by atoms with van der Waals surface area (Å²) >= 11 is 0. The van der Waals surface area contributed by atoms with E-state index in [2.05, 4.69) is 23.5 Å². The van der Waals surface area contributed by atoms with Gasteiger partial charge in [-0.2, -0.15) is 4.79 Å². The van der Waals surface area contributed by atoms with Gasteiger partial charge in [-0.25, -0.2) is 4.48 Å². The van der Waals surface area contributed by atoms with Crippen LogP contribution in [0.5, 0.6) is 0 Å². The van der Waals surface area contributed by atoms with Crippen molar-refractivity contribution in [2.45, 2.75) is 116 Å². The molecule has 3 amide bonds. The van der Waals surface area contributed by atoms with Gasteiger partial charge in [0, 0.05) is 25.4 Å². The van der Waals surface area contributed by atoms with E-state index in [0.717, 1.165) is 48.8 Å². The van der Waals surface area contributed by atoms with E-state index < -0.39 is 22.6 Å². The van der Waals surface area contributed by atoms with Gasteiger partial charge >= 0.3 is 6.09 Å².